The molecular weight excluding hydrogens is 362 g/mol. The number of fused-ring (bicyclic) bond motifs is 1. The van der Waals surface area contributed by atoms with Crippen LogP contribution in [0.25, 0.3) is 0 Å². The first-order valence-electron chi connectivity index (χ1n) is 8.88. The van der Waals surface area contributed by atoms with Crippen LogP contribution in [0.5, 0.6) is 0 Å². The summed E-state index contributed by atoms with van der Waals surface area (Å²) in [5.74, 6) is 0.899. The van der Waals surface area contributed by atoms with Gasteiger partial charge in [0.05, 0.1) is 6.61 Å². The predicted octanol–water partition coefficient (Wildman–Crippen LogP) is 3.93. The minimum absolute atomic E-state index is 0.0924. The number of benzene rings is 2. The highest BCUT2D eigenvalue weighted by atomic mass is 79.9. The van der Waals surface area contributed by atoms with E-state index in [-0.39, 0.29) is 6.61 Å². The first-order chi connectivity index (χ1) is 11.7. The summed E-state index contributed by atoms with van der Waals surface area (Å²) in [6, 6.07) is 16.1. The van der Waals surface area contributed by atoms with Gasteiger partial charge in [-0.2, -0.15) is 0 Å². The van der Waals surface area contributed by atoms with E-state index in [9.17, 15) is 5.11 Å². The molecule has 1 N–H and O–H groups in total. The molecule has 1 saturated heterocycles. The molecule has 2 aromatic rings. The van der Waals surface area contributed by atoms with Crippen LogP contribution in [0.2, 0.25) is 0 Å². The van der Waals surface area contributed by atoms with E-state index in [0.29, 0.717) is 11.5 Å². The van der Waals surface area contributed by atoms with Gasteiger partial charge < -0.3 is 5.11 Å². The highest BCUT2D eigenvalue weighted by Crippen LogP contribution is 2.65. The Morgan fingerprint density at radius 2 is 2.00 bits per heavy atom. The number of nitrogens with zero attached hydrogens (tertiary/aromatic N) is 1. The van der Waals surface area contributed by atoms with Crippen molar-refractivity contribution in [3.8, 4) is 0 Å². The fourth-order valence-electron chi connectivity index (χ4n) is 5.21. The molecule has 0 aromatic heterocycles. The molecule has 3 aliphatic rings. The average molecular weight is 384 g/mol. The van der Waals surface area contributed by atoms with Gasteiger partial charge >= 0.3 is 0 Å². The molecule has 124 valence electrons. The Morgan fingerprint density at radius 1 is 1.17 bits per heavy atom. The molecule has 1 spiro atoms. The third kappa shape index (κ3) is 2.22. The summed E-state index contributed by atoms with van der Waals surface area (Å²) < 4.78 is 1.02. The van der Waals surface area contributed by atoms with Crippen LogP contribution in [0.3, 0.4) is 0 Å². The van der Waals surface area contributed by atoms with Crippen LogP contribution in [0.15, 0.2) is 46.9 Å². The highest BCUT2D eigenvalue weighted by Gasteiger charge is 2.66. The topological polar surface area (TPSA) is 23.5 Å². The Balaban J connectivity index is 1.40. The third-order valence-electron chi connectivity index (χ3n) is 6.56. The molecule has 3 atom stereocenters. The maximum atomic E-state index is 9.34. The zero-order valence-electron chi connectivity index (χ0n) is 13.7. The van der Waals surface area contributed by atoms with Crippen LogP contribution in [-0.2, 0) is 26.0 Å². The van der Waals surface area contributed by atoms with Crippen LogP contribution in [0, 0.1) is 11.3 Å². The molecule has 3 heteroatoms. The van der Waals surface area contributed by atoms with Crippen molar-refractivity contribution in [3.63, 3.8) is 0 Å². The standard InChI is InChI=1S/C21H22BrNO/c22-19-7-14(5-6-17(19)13-24)11-23-12-18-10-21(18)9-16-4-2-1-3-15(16)8-20(21)23/h1-7,18,20,24H,8-13H2. The fourth-order valence-corrected chi connectivity index (χ4v) is 5.77. The Hall–Kier alpha value is -1.16. The molecule has 0 bridgehead atoms. The van der Waals surface area contributed by atoms with E-state index < -0.39 is 0 Å². The molecule has 24 heavy (non-hydrogen) atoms. The van der Waals surface area contributed by atoms with Gasteiger partial charge in [-0.3, -0.25) is 4.90 Å². The van der Waals surface area contributed by atoms with Crippen molar-refractivity contribution in [1.82, 2.24) is 4.90 Å². The van der Waals surface area contributed by atoms with Crippen LogP contribution in [0.4, 0.5) is 0 Å². The van der Waals surface area contributed by atoms with Crippen molar-refractivity contribution in [2.24, 2.45) is 11.3 Å². The summed E-state index contributed by atoms with van der Waals surface area (Å²) in [6.45, 7) is 2.36. The molecule has 3 unspecified atom stereocenters. The quantitative estimate of drug-likeness (QED) is 0.867. The molecule has 0 amide bonds. The molecule has 5 rings (SSSR count). The number of likely N-dealkylation sites (tertiary alicyclic amines) is 1. The first kappa shape index (κ1) is 15.1. The number of aliphatic hydroxyl groups excluding tert-OH is 1. The lowest BCUT2D eigenvalue weighted by molar-refractivity contribution is 0.165. The van der Waals surface area contributed by atoms with E-state index in [1.165, 1.54) is 31.4 Å². The molecule has 2 fully saturated rings. The third-order valence-corrected chi connectivity index (χ3v) is 7.30. The van der Waals surface area contributed by atoms with Crippen LogP contribution < -0.4 is 0 Å². The Bertz CT molecular complexity index is 804. The summed E-state index contributed by atoms with van der Waals surface area (Å²) in [5, 5.41) is 9.34. The van der Waals surface area contributed by atoms with Crippen molar-refractivity contribution >= 4 is 15.9 Å². The molecule has 1 saturated carbocycles. The van der Waals surface area contributed by atoms with Crippen molar-refractivity contribution in [2.45, 2.75) is 38.5 Å². The first-order valence-corrected chi connectivity index (χ1v) is 9.68. The zero-order chi connectivity index (χ0) is 16.3. The normalized spacial score (nSPS) is 30.6. The number of piperidine rings is 1. The van der Waals surface area contributed by atoms with Gasteiger partial charge in [-0.25, -0.2) is 0 Å². The Labute approximate surface area is 151 Å². The van der Waals surface area contributed by atoms with E-state index in [2.05, 4.69) is 57.2 Å². The number of aliphatic hydroxyl groups is 1. The second-order valence-corrected chi connectivity index (χ2v) is 8.67. The van der Waals surface area contributed by atoms with Crippen molar-refractivity contribution in [3.05, 3.63) is 69.2 Å². The summed E-state index contributed by atoms with van der Waals surface area (Å²) >= 11 is 3.59. The second-order valence-electron chi connectivity index (χ2n) is 7.81. The smallest absolute Gasteiger partial charge is 0.0692 e. The molecule has 0 radical (unpaired) electrons. The van der Waals surface area contributed by atoms with Gasteiger partial charge in [-0.1, -0.05) is 52.3 Å². The molecule has 2 aliphatic carbocycles. The maximum Gasteiger partial charge on any atom is 0.0692 e. The molecule has 2 aromatic carbocycles. The fraction of sp³-hybridized carbons (Fsp3) is 0.429. The monoisotopic (exact) mass is 383 g/mol. The molecule has 1 heterocycles. The summed E-state index contributed by atoms with van der Waals surface area (Å²) in [4.78, 5) is 2.71. The van der Waals surface area contributed by atoms with Crippen LogP contribution in [0.1, 0.15) is 28.7 Å². The Morgan fingerprint density at radius 3 is 2.79 bits per heavy atom. The van der Waals surface area contributed by atoms with Crippen molar-refractivity contribution < 1.29 is 5.11 Å². The van der Waals surface area contributed by atoms with Gasteiger partial charge in [0, 0.05) is 23.6 Å². The van der Waals surface area contributed by atoms with E-state index in [1.54, 1.807) is 11.1 Å². The number of rotatable bonds is 3. The summed E-state index contributed by atoms with van der Waals surface area (Å²) in [6.07, 6.45) is 3.92. The Kier molecular flexibility index (Phi) is 3.41. The number of hydrogen-bond donors (Lipinski definition) is 1. The maximum absolute atomic E-state index is 9.34. The minimum Gasteiger partial charge on any atom is -0.392 e. The lowest BCUT2D eigenvalue weighted by Crippen LogP contribution is -2.41. The SMILES string of the molecule is OCc1ccc(CN2CC3CC34Cc3ccccc3CC24)cc1Br. The largest absolute Gasteiger partial charge is 0.392 e. The average Bonchev–Trinajstić information content (AvgIpc) is 3.17. The lowest BCUT2D eigenvalue weighted by Gasteiger charge is -2.37. The molecular formula is C21H22BrNO. The van der Waals surface area contributed by atoms with Crippen molar-refractivity contribution in [1.29, 1.82) is 0 Å². The van der Waals surface area contributed by atoms with E-state index in [1.807, 2.05) is 6.07 Å². The van der Waals surface area contributed by atoms with Gasteiger partial charge in [-0.15, -0.1) is 0 Å². The van der Waals surface area contributed by atoms with E-state index in [4.69, 9.17) is 0 Å². The van der Waals surface area contributed by atoms with E-state index in [0.717, 1.165) is 22.5 Å². The van der Waals surface area contributed by atoms with Gasteiger partial charge in [0.25, 0.3) is 0 Å². The van der Waals surface area contributed by atoms with Crippen LogP contribution >= 0.6 is 15.9 Å². The molecule has 1 aliphatic heterocycles. The van der Waals surface area contributed by atoms with Gasteiger partial charge in [0.2, 0.25) is 0 Å². The summed E-state index contributed by atoms with van der Waals surface area (Å²) in [7, 11) is 0. The second kappa shape index (κ2) is 5.42. The van der Waals surface area contributed by atoms with Crippen LogP contribution in [-0.4, -0.2) is 22.6 Å². The lowest BCUT2D eigenvalue weighted by atomic mass is 9.77. The summed E-state index contributed by atoms with van der Waals surface area (Å²) in [5.41, 5.74) is 6.02. The molecule has 2 nitrogen and oxygen atoms in total. The van der Waals surface area contributed by atoms with Gasteiger partial charge in [-0.05, 0) is 58.9 Å². The predicted molar refractivity (Wildman–Crippen MR) is 98.7 cm³/mol. The van der Waals surface area contributed by atoms with Gasteiger partial charge in [0.1, 0.15) is 0 Å². The number of halogens is 1. The zero-order valence-corrected chi connectivity index (χ0v) is 15.3. The van der Waals surface area contributed by atoms with Crippen molar-refractivity contribution in [2.75, 3.05) is 6.54 Å². The number of hydrogen-bond acceptors (Lipinski definition) is 2. The van der Waals surface area contributed by atoms with E-state index >= 15 is 0 Å². The van der Waals surface area contributed by atoms with Gasteiger partial charge in [0.15, 0.2) is 0 Å². The minimum atomic E-state index is 0.0924. The highest BCUT2D eigenvalue weighted by molar-refractivity contribution is 9.10.